The Balaban J connectivity index is 1.81. The van der Waals surface area contributed by atoms with Crippen LogP contribution in [0.15, 0.2) is 48.8 Å². The molecule has 0 aliphatic carbocycles. The van der Waals surface area contributed by atoms with E-state index in [9.17, 15) is 9.59 Å². The number of ether oxygens (including phenoxy) is 1. The molecule has 1 aromatic carbocycles. The van der Waals surface area contributed by atoms with Gasteiger partial charge >= 0.3 is 12.0 Å². The molecule has 7 heteroatoms. The zero-order chi connectivity index (χ0) is 20.3. The largest absolute Gasteiger partial charge is 0.465 e. The molecule has 0 aliphatic heterocycles. The molecule has 0 aliphatic rings. The lowest BCUT2D eigenvalue weighted by molar-refractivity contribution is 0.0602. The first-order valence-electron chi connectivity index (χ1n) is 8.90. The van der Waals surface area contributed by atoms with Gasteiger partial charge in [-0.2, -0.15) is 0 Å². The SMILES string of the molecule is COC(=O)c1ccccc1NC(=O)NC(C)c1c(-n2cccc2)sc(C)c1C. The second kappa shape index (κ2) is 8.31. The molecule has 1 atom stereocenters. The third-order valence-electron chi connectivity index (χ3n) is 4.61. The number of amides is 2. The smallest absolute Gasteiger partial charge is 0.339 e. The van der Waals surface area contributed by atoms with Gasteiger partial charge in [0, 0.05) is 22.8 Å². The van der Waals surface area contributed by atoms with Crippen molar-refractivity contribution < 1.29 is 14.3 Å². The summed E-state index contributed by atoms with van der Waals surface area (Å²) in [4.78, 5) is 25.7. The zero-order valence-corrected chi connectivity index (χ0v) is 17.1. The molecule has 0 radical (unpaired) electrons. The number of para-hydroxylation sites is 1. The van der Waals surface area contributed by atoms with Crippen LogP contribution in [0.5, 0.6) is 0 Å². The summed E-state index contributed by atoms with van der Waals surface area (Å²) in [5.74, 6) is -0.497. The number of hydrogen-bond acceptors (Lipinski definition) is 4. The van der Waals surface area contributed by atoms with Gasteiger partial charge in [-0.15, -0.1) is 11.3 Å². The Bertz CT molecular complexity index is 993. The predicted octanol–water partition coefficient (Wildman–Crippen LogP) is 4.82. The van der Waals surface area contributed by atoms with Crippen LogP contribution in [-0.2, 0) is 4.74 Å². The maximum atomic E-state index is 12.6. The Morgan fingerprint density at radius 1 is 1.11 bits per heavy atom. The van der Waals surface area contributed by atoms with Gasteiger partial charge in [-0.3, -0.25) is 0 Å². The Labute approximate surface area is 168 Å². The molecule has 6 nitrogen and oxygen atoms in total. The van der Waals surface area contributed by atoms with Crippen LogP contribution in [-0.4, -0.2) is 23.7 Å². The van der Waals surface area contributed by atoms with Crippen LogP contribution in [0.1, 0.15) is 39.3 Å². The van der Waals surface area contributed by atoms with Gasteiger partial charge in [0.05, 0.1) is 24.4 Å². The minimum atomic E-state index is -0.497. The van der Waals surface area contributed by atoms with Crippen LogP contribution in [0.3, 0.4) is 0 Å². The fourth-order valence-electron chi connectivity index (χ4n) is 3.11. The third kappa shape index (κ3) is 3.94. The number of anilines is 1. The molecule has 146 valence electrons. The first kappa shape index (κ1) is 19.7. The molecule has 2 heterocycles. The molecule has 0 saturated heterocycles. The molecule has 2 N–H and O–H groups in total. The highest BCUT2D eigenvalue weighted by molar-refractivity contribution is 7.14. The van der Waals surface area contributed by atoms with Crippen LogP contribution < -0.4 is 10.6 Å². The molecule has 3 rings (SSSR count). The van der Waals surface area contributed by atoms with E-state index in [1.54, 1.807) is 35.6 Å². The topological polar surface area (TPSA) is 72.4 Å². The lowest BCUT2D eigenvalue weighted by Crippen LogP contribution is -2.32. The maximum absolute atomic E-state index is 12.6. The number of aryl methyl sites for hydroxylation is 1. The number of methoxy groups -OCH3 is 1. The van der Waals surface area contributed by atoms with Crippen molar-refractivity contribution in [2.45, 2.75) is 26.8 Å². The van der Waals surface area contributed by atoms with Gasteiger partial charge in [-0.05, 0) is 50.6 Å². The molecule has 0 fully saturated rings. The summed E-state index contributed by atoms with van der Waals surface area (Å²) < 4.78 is 6.83. The van der Waals surface area contributed by atoms with Gasteiger partial charge in [0.1, 0.15) is 5.00 Å². The lowest BCUT2D eigenvalue weighted by atomic mass is 10.1. The minimum Gasteiger partial charge on any atom is -0.465 e. The van der Waals surface area contributed by atoms with Crippen molar-refractivity contribution in [3.05, 3.63) is 70.4 Å². The van der Waals surface area contributed by atoms with E-state index in [4.69, 9.17) is 4.74 Å². The third-order valence-corrected chi connectivity index (χ3v) is 5.85. The predicted molar refractivity (Wildman–Crippen MR) is 111 cm³/mol. The number of benzene rings is 1. The zero-order valence-electron chi connectivity index (χ0n) is 16.3. The van der Waals surface area contributed by atoms with Crippen LogP contribution in [0, 0.1) is 13.8 Å². The van der Waals surface area contributed by atoms with Gasteiger partial charge < -0.3 is 19.9 Å². The fraction of sp³-hybridized carbons (Fsp3) is 0.238. The van der Waals surface area contributed by atoms with Crippen molar-refractivity contribution in [2.24, 2.45) is 0 Å². The van der Waals surface area contributed by atoms with E-state index in [1.807, 2.05) is 31.5 Å². The van der Waals surface area contributed by atoms with Crippen LogP contribution in [0.2, 0.25) is 0 Å². The molecule has 1 unspecified atom stereocenters. The van der Waals surface area contributed by atoms with E-state index in [1.165, 1.54) is 12.0 Å². The Hall–Kier alpha value is -3.06. The van der Waals surface area contributed by atoms with Crippen molar-refractivity contribution in [2.75, 3.05) is 12.4 Å². The van der Waals surface area contributed by atoms with E-state index in [2.05, 4.69) is 29.0 Å². The monoisotopic (exact) mass is 397 g/mol. The van der Waals surface area contributed by atoms with E-state index in [0.717, 1.165) is 16.1 Å². The standard InChI is InChI=1S/C21H23N3O3S/c1-13-15(3)28-19(24-11-7-8-12-24)18(13)14(2)22-21(26)23-17-10-6-5-9-16(17)20(25)27-4/h5-12,14H,1-4H3,(H2,22,23,26). The highest BCUT2D eigenvalue weighted by Gasteiger charge is 2.21. The molecule has 28 heavy (non-hydrogen) atoms. The number of esters is 1. The highest BCUT2D eigenvalue weighted by Crippen LogP contribution is 2.35. The number of carbonyl (C=O) groups is 2. The fourth-order valence-corrected chi connectivity index (χ4v) is 4.33. The molecule has 0 bridgehead atoms. The number of nitrogens with zero attached hydrogens (tertiary/aromatic N) is 1. The second-order valence-electron chi connectivity index (χ2n) is 6.45. The molecule has 2 aromatic heterocycles. The van der Waals surface area contributed by atoms with E-state index in [-0.39, 0.29) is 12.1 Å². The Kier molecular flexibility index (Phi) is 5.84. The number of carbonyl (C=O) groups excluding carboxylic acids is 2. The first-order chi connectivity index (χ1) is 13.4. The average molecular weight is 398 g/mol. The Morgan fingerprint density at radius 2 is 1.79 bits per heavy atom. The van der Waals surface area contributed by atoms with Crippen LogP contribution >= 0.6 is 11.3 Å². The number of nitrogens with one attached hydrogen (secondary N) is 2. The van der Waals surface area contributed by atoms with Gasteiger partial charge in [0.25, 0.3) is 0 Å². The van der Waals surface area contributed by atoms with Crippen molar-refractivity contribution in [1.29, 1.82) is 0 Å². The lowest BCUT2D eigenvalue weighted by Gasteiger charge is -2.18. The number of aromatic nitrogens is 1. The van der Waals surface area contributed by atoms with E-state index in [0.29, 0.717) is 11.3 Å². The summed E-state index contributed by atoms with van der Waals surface area (Å²) in [5, 5.41) is 6.82. The molecule has 0 saturated carbocycles. The summed E-state index contributed by atoms with van der Waals surface area (Å²) >= 11 is 1.70. The average Bonchev–Trinajstić information content (AvgIpc) is 3.30. The molecule has 0 spiro atoms. The van der Waals surface area contributed by atoms with E-state index < -0.39 is 5.97 Å². The first-order valence-corrected chi connectivity index (χ1v) is 9.72. The van der Waals surface area contributed by atoms with Crippen LogP contribution in [0.25, 0.3) is 5.00 Å². The van der Waals surface area contributed by atoms with Gasteiger partial charge in [0.15, 0.2) is 0 Å². The van der Waals surface area contributed by atoms with E-state index >= 15 is 0 Å². The second-order valence-corrected chi connectivity index (χ2v) is 7.65. The normalized spacial score (nSPS) is 11.7. The summed E-state index contributed by atoms with van der Waals surface area (Å²) in [6, 6.07) is 10.1. The van der Waals surface area contributed by atoms with Crippen molar-refractivity contribution >= 4 is 29.0 Å². The number of thiophene rings is 1. The van der Waals surface area contributed by atoms with Crippen LogP contribution in [0.4, 0.5) is 10.5 Å². The summed E-state index contributed by atoms with van der Waals surface area (Å²) in [7, 11) is 1.31. The van der Waals surface area contributed by atoms with Crippen molar-refractivity contribution in [3.63, 3.8) is 0 Å². The minimum absolute atomic E-state index is 0.215. The number of urea groups is 1. The summed E-state index contributed by atoms with van der Waals surface area (Å²) in [5.41, 5.74) is 2.96. The molecule has 2 amide bonds. The van der Waals surface area contributed by atoms with Gasteiger partial charge in [-0.25, -0.2) is 9.59 Å². The Morgan fingerprint density at radius 3 is 2.46 bits per heavy atom. The molecular weight excluding hydrogens is 374 g/mol. The maximum Gasteiger partial charge on any atom is 0.339 e. The number of rotatable bonds is 5. The summed E-state index contributed by atoms with van der Waals surface area (Å²) in [6.45, 7) is 6.10. The quantitative estimate of drug-likeness (QED) is 0.606. The summed E-state index contributed by atoms with van der Waals surface area (Å²) in [6.07, 6.45) is 3.99. The van der Waals surface area contributed by atoms with Crippen molar-refractivity contribution in [1.82, 2.24) is 9.88 Å². The highest BCUT2D eigenvalue weighted by atomic mass is 32.1. The van der Waals surface area contributed by atoms with Crippen molar-refractivity contribution in [3.8, 4) is 5.00 Å². The molecule has 3 aromatic rings. The number of hydrogen-bond donors (Lipinski definition) is 2. The van der Waals surface area contributed by atoms with Gasteiger partial charge in [0.2, 0.25) is 0 Å². The van der Waals surface area contributed by atoms with Gasteiger partial charge in [-0.1, -0.05) is 12.1 Å². The molecular formula is C21H23N3O3S.